The zero-order valence-corrected chi connectivity index (χ0v) is 17.9. The first-order valence-corrected chi connectivity index (χ1v) is 11.7. The van der Waals surface area contributed by atoms with E-state index < -0.39 is 10.1 Å². The molecular formula is C22H21ClN2O4S. The zero-order chi connectivity index (χ0) is 21.3. The van der Waals surface area contributed by atoms with Crippen LogP contribution in [0, 0.1) is 0 Å². The summed E-state index contributed by atoms with van der Waals surface area (Å²) < 4.78 is 29.7. The predicted octanol–water partition coefficient (Wildman–Crippen LogP) is 4.13. The van der Waals surface area contributed by atoms with Crippen LogP contribution in [0.4, 0.5) is 0 Å². The van der Waals surface area contributed by atoms with Crippen LogP contribution in [-0.2, 0) is 14.3 Å². The molecule has 0 fully saturated rings. The first-order chi connectivity index (χ1) is 14.3. The van der Waals surface area contributed by atoms with Crippen molar-refractivity contribution in [2.45, 2.75) is 12.5 Å². The maximum absolute atomic E-state index is 12.7. The molecule has 1 unspecified atom stereocenters. The van der Waals surface area contributed by atoms with Crippen molar-refractivity contribution in [2.24, 2.45) is 0 Å². The number of benzene rings is 2. The topological polar surface area (TPSA) is 77.4 Å². The Morgan fingerprint density at radius 1 is 1.10 bits per heavy atom. The number of rotatable bonds is 6. The summed E-state index contributed by atoms with van der Waals surface area (Å²) in [5.74, 6) is -0.166. The minimum Gasteiger partial charge on any atom is -0.349 e. The zero-order valence-electron chi connectivity index (χ0n) is 16.3. The maximum Gasteiger partial charge on any atom is 0.268 e. The summed E-state index contributed by atoms with van der Waals surface area (Å²) in [5, 5.41) is 3.51. The lowest BCUT2D eigenvalue weighted by Gasteiger charge is -2.28. The summed E-state index contributed by atoms with van der Waals surface area (Å²) in [7, 11) is -3.53. The van der Waals surface area contributed by atoms with Crippen molar-refractivity contribution in [3.8, 4) is 22.4 Å². The molecule has 30 heavy (non-hydrogen) atoms. The van der Waals surface area contributed by atoms with Gasteiger partial charge in [-0.05, 0) is 35.7 Å². The Hall–Kier alpha value is -2.61. The number of amides is 1. The van der Waals surface area contributed by atoms with Crippen LogP contribution in [0.2, 0.25) is 5.02 Å². The average molecular weight is 445 g/mol. The van der Waals surface area contributed by atoms with Gasteiger partial charge in [0.05, 0.1) is 24.6 Å². The van der Waals surface area contributed by atoms with Crippen molar-refractivity contribution in [2.75, 3.05) is 19.4 Å². The molecule has 0 aliphatic carbocycles. The summed E-state index contributed by atoms with van der Waals surface area (Å²) in [6.45, 7) is 0.431. The Labute approximate surface area is 180 Å². The maximum atomic E-state index is 12.7. The second-order valence-electron chi connectivity index (χ2n) is 7.22. The molecule has 1 atom stereocenters. The molecule has 2 aromatic carbocycles. The van der Waals surface area contributed by atoms with Gasteiger partial charge in [-0.2, -0.15) is 8.42 Å². The van der Waals surface area contributed by atoms with Gasteiger partial charge in [-0.15, -0.1) is 0 Å². The lowest BCUT2D eigenvalue weighted by molar-refractivity contribution is 0.0910. The fraction of sp³-hybridized carbons (Fsp3) is 0.227. The third-order valence-corrected chi connectivity index (χ3v) is 5.89. The molecule has 1 N–H and O–H groups in total. The second kappa shape index (κ2) is 8.26. The van der Waals surface area contributed by atoms with E-state index in [0.29, 0.717) is 23.7 Å². The molecule has 6 nitrogen and oxygen atoms in total. The standard InChI is InChI=1S/C22H21ClN2O4S/c1-30(27,28)29-11-10-18-14-24-22(26)20-13-19(16-8-5-9-17(23)12-16)21(25(18)20)15-6-3-2-4-7-15/h2-9,12-13,18H,10-11,14H2,1H3,(H,24,26). The SMILES string of the molecule is CS(=O)(=O)OCCC1CNC(=O)c2cc(-c3cccc(Cl)c3)c(-c3ccccc3)n21. The molecular weight excluding hydrogens is 424 g/mol. The van der Waals surface area contributed by atoms with Gasteiger partial charge in [0.25, 0.3) is 16.0 Å². The molecule has 1 amide bonds. The number of nitrogens with one attached hydrogen (secondary N) is 1. The molecule has 0 saturated carbocycles. The van der Waals surface area contributed by atoms with Crippen LogP contribution in [-0.4, -0.2) is 38.3 Å². The van der Waals surface area contributed by atoms with Gasteiger partial charge in [0.2, 0.25) is 0 Å². The van der Waals surface area contributed by atoms with Crippen LogP contribution in [0.3, 0.4) is 0 Å². The van der Waals surface area contributed by atoms with Crippen LogP contribution in [0.5, 0.6) is 0 Å². The number of carbonyl (C=O) groups is 1. The number of halogens is 1. The quantitative estimate of drug-likeness (QED) is 0.580. The number of nitrogens with zero attached hydrogens (tertiary/aromatic N) is 1. The van der Waals surface area contributed by atoms with E-state index in [1.165, 1.54) is 0 Å². The van der Waals surface area contributed by atoms with Crippen LogP contribution in [0.1, 0.15) is 23.0 Å². The lowest BCUT2D eigenvalue weighted by Crippen LogP contribution is -2.39. The van der Waals surface area contributed by atoms with E-state index in [-0.39, 0.29) is 18.6 Å². The fourth-order valence-corrected chi connectivity index (χ4v) is 4.39. The highest BCUT2D eigenvalue weighted by atomic mass is 35.5. The smallest absolute Gasteiger partial charge is 0.268 e. The fourth-order valence-electron chi connectivity index (χ4n) is 3.80. The highest BCUT2D eigenvalue weighted by molar-refractivity contribution is 7.85. The van der Waals surface area contributed by atoms with Crippen LogP contribution < -0.4 is 5.32 Å². The van der Waals surface area contributed by atoms with E-state index >= 15 is 0 Å². The van der Waals surface area contributed by atoms with Gasteiger partial charge in [-0.1, -0.05) is 54.1 Å². The number of carbonyl (C=O) groups excluding carboxylic acids is 1. The molecule has 2 heterocycles. The average Bonchev–Trinajstić information content (AvgIpc) is 3.11. The van der Waals surface area contributed by atoms with Gasteiger partial charge >= 0.3 is 0 Å². The minimum atomic E-state index is -3.53. The van der Waals surface area contributed by atoms with Crippen LogP contribution in [0.25, 0.3) is 22.4 Å². The number of hydrogen-bond donors (Lipinski definition) is 1. The number of aromatic nitrogens is 1. The molecule has 0 radical (unpaired) electrons. The minimum absolute atomic E-state index is 0.0394. The van der Waals surface area contributed by atoms with Crippen molar-refractivity contribution >= 4 is 27.6 Å². The van der Waals surface area contributed by atoms with Gasteiger partial charge in [-0.25, -0.2) is 0 Å². The second-order valence-corrected chi connectivity index (χ2v) is 9.30. The van der Waals surface area contributed by atoms with E-state index in [9.17, 15) is 13.2 Å². The molecule has 156 valence electrons. The monoisotopic (exact) mass is 444 g/mol. The van der Waals surface area contributed by atoms with Gasteiger partial charge in [0.1, 0.15) is 5.69 Å². The Kier molecular flexibility index (Phi) is 5.69. The van der Waals surface area contributed by atoms with Crippen LogP contribution in [0.15, 0.2) is 60.7 Å². The van der Waals surface area contributed by atoms with E-state index in [1.807, 2.05) is 59.2 Å². The normalized spacial score (nSPS) is 16.2. The Balaban J connectivity index is 1.86. The van der Waals surface area contributed by atoms with E-state index in [2.05, 4.69) is 5.32 Å². The Bertz CT molecular complexity index is 1190. The van der Waals surface area contributed by atoms with Gasteiger partial charge in [0, 0.05) is 17.1 Å². The summed E-state index contributed by atoms with van der Waals surface area (Å²) >= 11 is 6.23. The highest BCUT2D eigenvalue weighted by Gasteiger charge is 2.30. The Morgan fingerprint density at radius 3 is 2.53 bits per heavy atom. The molecule has 1 aromatic heterocycles. The van der Waals surface area contributed by atoms with Crippen LogP contribution >= 0.6 is 11.6 Å². The van der Waals surface area contributed by atoms with Crippen molar-refractivity contribution in [3.05, 3.63) is 71.4 Å². The summed E-state index contributed by atoms with van der Waals surface area (Å²) in [6.07, 6.45) is 1.47. The molecule has 1 aliphatic heterocycles. The molecule has 0 spiro atoms. The van der Waals surface area contributed by atoms with Crippen molar-refractivity contribution in [1.29, 1.82) is 0 Å². The number of hydrogen-bond acceptors (Lipinski definition) is 4. The van der Waals surface area contributed by atoms with E-state index in [0.717, 1.165) is 28.6 Å². The molecule has 0 saturated heterocycles. The Morgan fingerprint density at radius 2 is 1.83 bits per heavy atom. The summed E-state index contributed by atoms with van der Waals surface area (Å²) in [6, 6.07) is 19.0. The summed E-state index contributed by atoms with van der Waals surface area (Å²) in [4.78, 5) is 12.7. The molecule has 3 aromatic rings. The van der Waals surface area contributed by atoms with Crippen molar-refractivity contribution in [3.63, 3.8) is 0 Å². The predicted molar refractivity (Wildman–Crippen MR) is 117 cm³/mol. The first-order valence-electron chi connectivity index (χ1n) is 9.52. The van der Waals surface area contributed by atoms with E-state index in [1.54, 1.807) is 6.07 Å². The van der Waals surface area contributed by atoms with Gasteiger partial charge in [-0.3, -0.25) is 8.98 Å². The molecule has 8 heteroatoms. The largest absolute Gasteiger partial charge is 0.349 e. The first kappa shape index (κ1) is 20.7. The number of fused-ring (bicyclic) bond motifs is 1. The molecule has 4 rings (SSSR count). The van der Waals surface area contributed by atoms with Gasteiger partial charge < -0.3 is 9.88 Å². The van der Waals surface area contributed by atoms with Crippen molar-refractivity contribution in [1.82, 2.24) is 9.88 Å². The third-order valence-electron chi connectivity index (χ3n) is 5.06. The molecule has 0 bridgehead atoms. The lowest BCUT2D eigenvalue weighted by atomic mass is 10.0. The van der Waals surface area contributed by atoms with Gasteiger partial charge in [0.15, 0.2) is 0 Å². The third kappa shape index (κ3) is 4.28. The highest BCUT2D eigenvalue weighted by Crippen LogP contribution is 2.39. The van der Waals surface area contributed by atoms with E-state index in [4.69, 9.17) is 15.8 Å². The summed E-state index contributed by atoms with van der Waals surface area (Å²) in [5.41, 5.74) is 4.18. The van der Waals surface area contributed by atoms with Crippen molar-refractivity contribution < 1.29 is 17.4 Å². The molecule has 1 aliphatic rings.